The van der Waals surface area contributed by atoms with Gasteiger partial charge in [0, 0.05) is 25.2 Å². The van der Waals surface area contributed by atoms with E-state index in [4.69, 9.17) is 14.7 Å². The van der Waals surface area contributed by atoms with Gasteiger partial charge in [-0.25, -0.2) is 4.98 Å². The molecule has 2 aromatic rings. The second kappa shape index (κ2) is 11.9. The van der Waals surface area contributed by atoms with E-state index < -0.39 is 0 Å². The van der Waals surface area contributed by atoms with Gasteiger partial charge in [-0.05, 0) is 57.8 Å². The van der Waals surface area contributed by atoms with Crippen LogP contribution in [-0.4, -0.2) is 55.2 Å². The molecule has 1 aromatic heterocycles. The zero-order chi connectivity index (χ0) is 22.1. The molecule has 0 spiro atoms. The van der Waals surface area contributed by atoms with Crippen LogP contribution in [0.2, 0.25) is 0 Å². The van der Waals surface area contributed by atoms with E-state index in [9.17, 15) is 0 Å². The summed E-state index contributed by atoms with van der Waals surface area (Å²) in [7, 11) is 4.12. The zero-order valence-corrected chi connectivity index (χ0v) is 20.1. The van der Waals surface area contributed by atoms with E-state index in [2.05, 4.69) is 76.7 Å². The fourth-order valence-electron chi connectivity index (χ4n) is 3.85. The number of ether oxygens (including phenoxy) is 1. The first kappa shape index (κ1) is 24.1. The van der Waals surface area contributed by atoms with E-state index in [1.807, 2.05) is 0 Å². The highest BCUT2D eigenvalue weighted by molar-refractivity contribution is 5.69. The number of nitrogens with zero attached hydrogens (tertiary/aromatic N) is 4. The van der Waals surface area contributed by atoms with Gasteiger partial charge in [0.2, 0.25) is 5.88 Å². The second-order valence-electron chi connectivity index (χ2n) is 8.08. The highest BCUT2D eigenvalue weighted by Crippen LogP contribution is 2.34. The molecular weight excluding hydrogens is 372 g/mol. The van der Waals surface area contributed by atoms with Gasteiger partial charge in [-0.1, -0.05) is 45.9 Å². The lowest BCUT2D eigenvalue weighted by atomic mass is 9.97. The van der Waals surface area contributed by atoms with E-state index in [1.54, 1.807) is 0 Å². The van der Waals surface area contributed by atoms with Crippen molar-refractivity contribution in [3.63, 3.8) is 0 Å². The van der Waals surface area contributed by atoms with Gasteiger partial charge in [0.15, 0.2) is 5.82 Å². The Morgan fingerprint density at radius 1 is 0.867 bits per heavy atom. The van der Waals surface area contributed by atoms with E-state index in [0.717, 1.165) is 62.5 Å². The van der Waals surface area contributed by atoms with E-state index >= 15 is 0 Å². The first-order chi connectivity index (χ1) is 14.5. The standard InChI is InChI=1S/C25H40N4O/c1-8-15-29(16-9-2)23-19(5)26-24(27-25(23)30-18-17-28(6)7)22-20(10-3)13-12-14-21(22)11-4/h12-14H,8-11,15-18H2,1-7H3. The Morgan fingerprint density at radius 2 is 1.47 bits per heavy atom. The van der Waals surface area contributed by atoms with Crippen LogP contribution in [0.5, 0.6) is 5.88 Å². The number of hydrogen-bond donors (Lipinski definition) is 0. The lowest BCUT2D eigenvalue weighted by Gasteiger charge is -2.27. The number of aromatic nitrogens is 2. The molecule has 30 heavy (non-hydrogen) atoms. The predicted octanol–water partition coefficient (Wildman–Crippen LogP) is 5.14. The molecule has 0 bridgehead atoms. The number of benzene rings is 1. The van der Waals surface area contributed by atoms with Gasteiger partial charge < -0.3 is 14.5 Å². The average Bonchev–Trinajstić information content (AvgIpc) is 2.72. The summed E-state index contributed by atoms with van der Waals surface area (Å²) in [6.07, 6.45) is 4.08. The van der Waals surface area contributed by atoms with Crippen LogP contribution in [-0.2, 0) is 12.8 Å². The molecule has 0 saturated carbocycles. The Balaban J connectivity index is 2.61. The van der Waals surface area contributed by atoms with Crippen molar-refractivity contribution in [2.75, 3.05) is 45.2 Å². The fraction of sp³-hybridized carbons (Fsp3) is 0.600. The van der Waals surface area contributed by atoms with Gasteiger partial charge in [0.1, 0.15) is 12.3 Å². The first-order valence-electron chi connectivity index (χ1n) is 11.5. The van der Waals surface area contributed by atoms with Gasteiger partial charge in [-0.2, -0.15) is 4.98 Å². The summed E-state index contributed by atoms with van der Waals surface area (Å²) in [6.45, 7) is 14.3. The number of anilines is 1. The molecule has 1 heterocycles. The van der Waals surface area contributed by atoms with Crippen LogP contribution in [0.4, 0.5) is 5.69 Å². The molecule has 0 aliphatic heterocycles. The molecule has 0 amide bonds. The second-order valence-corrected chi connectivity index (χ2v) is 8.08. The monoisotopic (exact) mass is 412 g/mol. The molecule has 5 nitrogen and oxygen atoms in total. The molecule has 5 heteroatoms. The quantitative estimate of drug-likeness (QED) is 0.483. The maximum atomic E-state index is 6.28. The number of likely N-dealkylation sites (N-methyl/N-ethyl adjacent to an activating group) is 1. The molecule has 0 saturated heterocycles. The number of rotatable bonds is 12. The Kier molecular flexibility index (Phi) is 9.57. The number of aryl methyl sites for hydroxylation is 3. The topological polar surface area (TPSA) is 41.5 Å². The number of hydrogen-bond acceptors (Lipinski definition) is 5. The fourth-order valence-corrected chi connectivity index (χ4v) is 3.85. The summed E-state index contributed by atoms with van der Waals surface area (Å²) in [6, 6.07) is 6.52. The normalized spacial score (nSPS) is 11.2. The minimum Gasteiger partial charge on any atom is -0.475 e. The van der Waals surface area contributed by atoms with E-state index in [-0.39, 0.29) is 0 Å². The van der Waals surface area contributed by atoms with Gasteiger partial charge in [-0.15, -0.1) is 0 Å². The maximum absolute atomic E-state index is 6.28. The summed E-state index contributed by atoms with van der Waals surface area (Å²) >= 11 is 0. The highest BCUT2D eigenvalue weighted by atomic mass is 16.5. The molecule has 0 aliphatic rings. The Morgan fingerprint density at radius 3 is 1.97 bits per heavy atom. The minimum absolute atomic E-state index is 0.609. The van der Waals surface area contributed by atoms with Crippen LogP contribution >= 0.6 is 0 Å². The third-order valence-corrected chi connectivity index (χ3v) is 5.33. The van der Waals surface area contributed by atoms with E-state index in [0.29, 0.717) is 12.5 Å². The molecule has 0 atom stereocenters. The lowest BCUT2D eigenvalue weighted by molar-refractivity contribution is 0.254. The maximum Gasteiger partial charge on any atom is 0.241 e. The smallest absolute Gasteiger partial charge is 0.241 e. The summed E-state index contributed by atoms with van der Waals surface area (Å²) in [5, 5.41) is 0. The highest BCUT2D eigenvalue weighted by Gasteiger charge is 2.21. The van der Waals surface area contributed by atoms with Gasteiger partial charge >= 0.3 is 0 Å². The van der Waals surface area contributed by atoms with Crippen LogP contribution in [0.3, 0.4) is 0 Å². The summed E-state index contributed by atoms with van der Waals surface area (Å²) < 4.78 is 6.28. The Labute approximate surface area is 183 Å². The van der Waals surface area contributed by atoms with Crippen LogP contribution in [0, 0.1) is 6.92 Å². The summed E-state index contributed by atoms with van der Waals surface area (Å²) in [5.74, 6) is 1.51. The summed E-state index contributed by atoms with van der Waals surface area (Å²) in [5.41, 5.74) is 5.80. The van der Waals surface area contributed by atoms with Crippen molar-refractivity contribution in [2.24, 2.45) is 0 Å². The molecule has 166 valence electrons. The van der Waals surface area contributed by atoms with Gasteiger partial charge in [-0.3, -0.25) is 0 Å². The van der Waals surface area contributed by atoms with E-state index in [1.165, 1.54) is 16.7 Å². The summed E-state index contributed by atoms with van der Waals surface area (Å²) in [4.78, 5) is 14.5. The third-order valence-electron chi connectivity index (χ3n) is 5.33. The van der Waals surface area contributed by atoms with Crippen LogP contribution in [0.25, 0.3) is 11.4 Å². The molecule has 0 fully saturated rings. The van der Waals surface area contributed by atoms with Crippen molar-refractivity contribution in [1.82, 2.24) is 14.9 Å². The SMILES string of the molecule is CCCN(CCC)c1c(C)nc(-c2c(CC)cccc2CC)nc1OCCN(C)C. The van der Waals surface area contributed by atoms with Crippen LogP contribution in [0.1, 0.15) is 57.4 Å². The van der Waals surface area contributed by atoms with Crippen molar-refractivity contribution < 1.29 is 4.74 Å². The van der Waals surface area contributed by atoms with Gasteiger partial charge in [0.05, 0.1) is 5.69 Å². The zero-order valence-electron chi connectivity index (χ0n) is 20.1. The van der Waals surface area contributed by atoms with Crippen molar-refractivity contribution in [3.05, 3.63) is 35.0 Å². The third kappa shape index (κ3) is 5.94. The predicted molar refractivity (Wildman–Crippen MR) is 128 cm³/mol. The van der Waals surface area contributed by atoms with Crippen molar-refractivity contribution >= 4 is 5.69 Å². The molecule has 0 N–H and O–H groups in total. The molecular formula is C25H40N4O. The first-order valence-corrected chi connectivity index (χ1v) is 11.5. The van der Waals surface area contributed by atoms with Crippen molar-refractivity contribution in [1.29, 1.82) is 0 Å². The average molecular weight is 413 g/mol. The van der Waals surface area contributed by atoms with Crippen molar-refractivity contribution in [2.45, 2.75) is 60.3 Å². The molecule has 1 aromatic carbocycles. The molecule has 0 radical (unpaired) electrons. The Hall–Kier alpha value is -2.14. The largest absolute Gasteiger partial charge is 0.475 e. The Bertz CT molecular complexity index is 776. The molecule has 0 aliphatic carbocycles. The molecule has 0 unspecified atom stereocenters. The van der Waals surface area contributed by atoms with Crippen molar-refractivity contribution in [3.8, 4) is 17.3 Å². The molecule has 2 rings (SSSR count). The lowest BCUT2D eigenvalue weighted by Crippen LogP contribution is -2.28. The van der Waals surface area contributed by atoms with Crippen LogP contribution in [0.15, 0.2) is 18.2 Å². The van der Waals surface area contributed by atoms with Crippen LogP contribution < -0.4 is 9.64 Å². The van der Waals surface area contributed by atoms with Gasteiger partial charge in [0.25, 0.3) is 0 Å². The minimum atomic E-state index is 0.609.